The molecule has 0 N–H and O–H groups in total. The molecular weight excluding hydrogens is 282 g/mol. The van der Waals surface area contributed by atoms with Crippen molar-refractivity contribution in [3.05, 3.63) is 40.4 Å². The fraction of sp³-hybridized carbons (Fsp3) is 0.385. The summed E-state index contributed by atoms with van der Waals surface area (Å²) < 4.78 is 30.8. The molecular formula is C13H14F2N4S. The first kappa shape index (κ1) is 13.2. The minimum Gasteiger partial charge on any atom is -0.352 e. The van der Waals surface area contributed by atoms with Gasteiger partial charge in [0.2, 0.25) is 0 Å². The highest BCUT2D eigenvalue weighted by atomic mass is 32.1. The zero-order valence-electron chi connectivity index (χ0n) is 11.0. The molecule has 20 heavy (non-hydrogen) atoms. The summed E-state index contributed by atoms with van der Waals surface area (Å²) in [7, 11) is 1.82. The third-order valence-electron chi connectivity index (χ3n) is 3.53. The molecule has 2 heterocycles. The second kappa shape index (κ2) is 4.97. The van der Waals surface area contributed by atoms with Crippen molar-refractivity contribution in [2.45, 2.75) is 19.5 Å². The van der Waals surface area contributed by atoms with E-state index in [0.717, 1.165) is 30.6 Å². The van der Waals surface area contributed by atoms with Gasteiger partial charge in [0, 0.05) is 25.3 Å². The fourth-order valence-electron chi connectivity index (χ4n) is 2.48. The molecule has 0 saturated carbocycles. The van der Waals surface area contributed by atoms with Gasteiger partial charge in [-0.1, -0.05) is 0 Å². The van der Waals surface area contributed by atoms with Crippen molar-refractivity contribution in [3.63, 3.8) is 0 Å². The number of anilines is 1. The van der Waals surface area contributed by atoms with Gasteiger partial charge in [-0.2, -0.15) is 5.10 Å². The van der Waals surface area contributed by atoms with Gasteiger partial charge in [0.05, 0.1) is 0 Å². The number of fused-ring (bicyclic) bond motifs is 1. The van der Waals surface area contributed by atoms with Crippen molar-refractivity contribution < 1.29 is 8.78 Å². The fourth-order valence-corrected chi connectivity index (χ4v) is 2.63. The SMILES string of the molecule is Cn1cnn(CN2CCCc3cc(F)c(F)cc32)c1=S. The molecule has 0 radical (unpaired) electrons. The number of hydrogen-bond donors (Lipinski definition) is 0. The molecule has 0 unspecified atom stereocenters. The molecule has 0 saturated heterocycles. The molecule has 4 nitrogen and oxygen atoms in total. The van der Waals surface area contributed by atoms with E-state index >= 15 is 0 Å². The Morgan fingerprint density at radius 3 is 2.75 bits per heavy atom. The highest BCUT2D eigenvalue weighted by Gasteiger charge is 2.20. The molecule has 0 aliphatic carbocycles. The second-order valence-corrected chi connectivity index (χ2v) is 5.29. The lowest BCUT2D eigenvalue weighted by Crippen LogP contribution is -2.32. The predicted octanol–water partition coefficient (Wildman–Crippen LogP) is 2.64. The van der Waals surface area contributed by atoms with E-state index in [1.807, 2.05) is 11.9 Å². The number of nitrogens with zero attached hydrogens (tertiary/aromatic N) is 4. The Labute approximate surface area is 120 Å². The van der Waals surface area contributed by atoms with Gasteiger partial charge in [-0.15, -0.1) is 0 Å². The molecule has 3 rings (SSSR count). The van der Waals surface area contributed by atoms with Crippen molar-refractivity contribution in [2.24, 2.45) is 7.05 Å². The van der Waals surface area contributed by atoms with E-state index < -0.39 is 11.6 Å². The number of rotatable bonds is 2. The Bertz CT molecular complexity index is 707. The average Bonchev–Trinajstić information content (AvgIpc) is 2.73. The summed E-state index contributed by atoms with van der Waals surface area (Å²) >= 11 is 5.24. The molecule has 0 bridgehead atoms. The number of hydrogen-bond acceptors (Lipinski definition) is 3. The van der Waals surface area contributed by atoms with E-state index in [1.54, 1.807) is 15.6 Å². The van der Waals surface area contributed by atoms with Crippen molar-refractivity contribution in [1.29, 1.82) is 0 Å². The normalized spacial score (nSPS) is 14.4. The summed E-state index contributed by atoms with van der Waals surface area (Å²) in [5.41, 5.74) is 1.56. The van der Waals surface area contributed by atoms with Crippen LogP contribution in [0.25, 0.3) is 0 Å². The number of aryl methyl sites for hydroxylation is 2. The zero-order valence-corrected chi connectivity index (χ0v) is 11.8. The minimum atomic E-state index is -0.819. The van der Waals surface area contributed by atoms with E-state index in [2.05, 4.69) is 5.10 Å². The van der Waals surface area contributed by atoms with Crippen LogP contribution in [-0.4, -0.2) is 20.9 Å². The Morgan fingerprint density at radius 1 is 1.30 bits per heavy atom. The van der Waals surface area contributed by atoms with Gasteiger partial charge in [0.25, 0.3) is 0 Å². The lowest BCUT2D eigenvalue weighted by molar-refractivity contribution is 0.498. The Kier molecular flexibility index (Phi) is 3.29. The van der Waals surface area contributed by atoms with Crippen LogP contribution in [0.3, 0.4) is 0 Å². The van der Waals surface area contributed by atoms with Gasteiger partial charge in [-0.05, 0) is 36.7 Å². The van der Waals surface area contributed by atoms with E-state index in [-0.39, 0.29) is 0 Å². The van der Waals surface area contributed by atoms with Crippen molar-refractivity contribution in [3.8, 4) is 0 Å². The maximum absolute atomic E-state index is 13.5. The molecule has 0 spiro atoms. The van der Waals surface area contributed by atoms with E-state index in [4.69, 9.17) is 12.2 Å². The highest BCUT2D eigenvalue weighted by molar-refractivity contribution is 7.71. The van der Waals surface area contributed by atoms with Crippen LogP contribution in [-0.2, 0) is 20.1 Å². The van der Waals surface area contributed by atoms with Gasteiger partial charge in [-0.25, -0.2) is 13.5 Å². The summed E-state index contributed by atoms with van der Waals surface area (Å²) in [4.78, 5) is 1.98. The molecule has 1 aliphatic heterocycles. The van der Waals surface area contributed by atoms with Gasteiger partial charge >= 0.3 is 0 Å². The van der Waals surface area contributed by atoms with Crippen LogP contribution in [0.15, 0.2) is 18.5 Å². The summed E-state index contributed by atoms with van der Waals surface area (Å²) in [6.07, 6.45) is 3.30. The summed E-state index contributed by atoms with van der Waals surface area (Å²) in [5.74, 6) is -1.61. The largest absolute Gasteiger partial charge is 0.352 e. The molecule has 1 aromatic heterocycles. The van der Waals surface area contributed by atoms with Crippen molar-refractivity contribution in [2.75, 3.05) is 11.4 Å². The highest BCUT2D eigenvalue weighted by Crippen LogP contribution is 2.29. The summed E-state index contributed by atoms with van der Waals surface area (Å²) in [5, 5.41) is 4.19. The molecule has 1 aliphatic rings. The zero-order chi connectivity index (χ0) is 14.3. The third-order valence-corrected chi connectivity index (χ3v) is 4.03. The smallest absolute Gasteiger partial charge is 0.199 e. The maximum atomic E-state index is 13.5. The van der Waals surface area contributed by atoms with Crippen molar-refractivity contribution in [1.82, 2.24) is 14.3 Å². The minimum absolute atomic E-state index is 0.442. The van der Waals surface area contributed by atoms with Crippen LogP contribution in [0.4, 0.5) is 14.5 Å². The molecule has 0 fully saturated rings. The van der Waals surface area contributed by atoms with Crippen LogP contribution in [0, 0.1) is 16.4 Å². The molecule has 106 valence electrons. The lowest BCUT2D eigenvalue weighted by Gasteiger charge is -2.31. The Morgan fingerprint density at radius 2 is 2.05 bits per heavy atom. The average molecular weight is 296 g/mol. The quantitative estimate of drug-likeness (QED) is 0.797. The standard InChI is InChI=1S/C13H14F2N4S/c1-17-7-16-19(13(17)20)8-18-4-2-3-9-5-10(14)11(15)6-12(9)18/h5-7H,2-4,8H2,1H3. The van der Waals surface area contributed by atoms with Crippen LogP contribution < -0.4 is 4.90 Å². The first-order valence-electron chi connectivity index (χ1n) is 6.37. The van der Waals surface area contributed by atoms with Gasteiger partial charge in [0.15, 0.2) is 16.4 Å². The third kappa shape index (κ3) is 2.22. The first-order valence-corrected chi connectivity index (χ1v) is 6.78. The van der Waals surface area contributed by atoms with Crippen LogP contribution in [0.1, 0.15) is 12.0 Å². The molecule has 1 aromatic carbocycles. The first-order chi connectivity index (χ1) is 9.56. The molecule has 0 amide bonds. The van der Waals surface area contributed by atoms with Gasteiger partial charge in [-0.3, -0.25) is 0 Å². The topological polar surface area (TPSA) is 26.0 Å². The summed E-state index contributed by atoms with van der Waals surface area (Å²) in [6, 6.07) is 2.55. The monoisotopic (exact) mass is 296 g/mol. The van der Waals surface area contributed by atoms with Crippen LogP contribution >= 0.6 is 12.2 Å². The van der Waals surface area contributed by atoms with E-state index in [0.29, 0.717) is 11.4 Å². The Hall–Kier alpha value is -1.76. The van der Waals surface area contributed by atoms with Gasteiger partial charge in [0.1, 0.15) is 13.0 Å². The predicted molar refractivity (Wildman–Crippen MR) is 74.1 cm³/mol. The second-order valence-electron chi connectivity index (χ2n) is 4.93. The maximum Gasteiger partial charge on any atom is 0.199 e. The molecule has 0 atom stereocenters. The van der Waals surface area contributed by atoms with E-state index in [1.165, 1.54) is 12.1 Å². The number of halogens is 2. The molecule has 2 aromatic rings. The van der Waals surface area contributed by atoms with Crippen LogP contribution in [0.5, 0.6) is 0 Å². The number of benzene rings is 1. The molecule has 7 heteroatoms. The lowest BCUT2D eigenvalue weighted by atomic mass is 10.0. The van der Waals surface area contributed by atoms with Gasteiger partial charge < -0.3 is 9.47 Å². The van der Waals surface area contributed by atoms with Crippen LogP contribution in [0.2, 0.25) is 0 Å². The van der Waals surface area contributed by atoms with Crippen molar-refractivity contribution >= 4 is 17.9 Å². The Balaban J connectivity index is 1.96. The van der Waals surface area contributed by atoms with E-state index in [9.17, 15) is 8.78 Å². The summed E-state index contributed by atoms with van der Waals surface area (Å²) in [6.45, 7) is 1.22. The number of aromatic nitrogens is 3.